The number of carboxylic acid groups (broad SMARTS) is 1. The standard InChI is InChI=1S/C13H18FNO2/c1-13(2,12(16)17)11(14)9-5-7-10(8-6-9)15(3)4/h5-8,11H,1-4H3,(H,16,17). The second-order valence-corrected chi connectivity index (χ2v) is 4.88. The van der Waals surface area contributed by atoms with Gasteiger partial charge >= 0.3 is 5.97 Å². The van der Waals surface area contributed by atoms with E-state index in [-0.39, 0.29) is 0 Å². The zero-order chi connectivity index (χ0) is 13.2. The zero-order valence-corrected chi connectivity index (χ0v) is 10.6. The average molecular weight is 239 g/mol. The molecular weight excluding hydrogens is 221 g/mol. The molecule has 3 nitrogen and oxygen atoms in total. The molecule has 0 amide bonds. The lowest BCUT2D eigenvalue weighted by Crippen LogP contribution is -2.29. The molecule has 0 radical (unpaired) electrons. The molecule has 17 heavy (non-hydrogen) atoms. The first-order valence-corrected chi connectivity index (χ1v) is 5.41. The molecule has 4 heteroatoms. The monoisotopic (exact) mass is 239 g/mol. The molecule has 1 unspecified atom stereocenters. The zero-order valence-electron chi connectivity index (χ0n) is 10.6. The molecule has 1 rings (SSSR count). The Bertz CT molecular complexity index is 398. The van der Waals surface area contributed by atoms with Gasteiger partial charge in [-0.05, 0) is 31.5 Å². The van der Waals surface area contributed by atoms with Gasteiger partial charge in [-0.3, -0.25) is 4.79 Å². The smallest absolute Gasteiger partial charge is 0.312 e. The molecular formula is C13H18FNO2. The Morgan fingerprint density at radius 1 is 1.29 bits per heavy atom. The molecule has 0 aliphatic heterocycles. The Labute approximate surface area is 101 Å². The lowest BCUT2D eigenvalue weighted by atomic mass is 9.84. The summed E-state index contributed by atoms with van der Waals surface area (Å²) in [5.41, 5.74) is -0.0725. The van der Waals surface area contributed by atoms with Gasteiger partial charge in [0.1, 0.15) is 6.17 Å². The van der Waals surface area contributed by atoms with Crippen LogP contribution < -0.4 is 4.90 Å². The minimum atomic E-state index is -1.52. The number of hydrogen-bond acceptors (Lipinski definition) is 2. The molecule has 0 aliphatic rings. The molecule has 1 N–H and O–H groups in total. The third kappa shape index (κ3) is 2.75. The first-order chi connectivity index (χ1) is 7.76. The van der Waals surface area contributed by atoms with Crippen LogP contribution >= 0.6 is 0 Å². The van der Waals surface area contributed by atoms with Crippen molar-refractivity contribution in [3.05, 3.63) is 29.8 Å². The van der Waals surface area contributed by atoms with E-state index in [4.69, 9.17) is 5.11 Å². The summed E-state index contributed by atoms with van der Waals surface area (Å²) in [6.45, 7) is 2.78. The molecule has 0 aromatic heterocycles. The van der Waals surface area contributed by atoms with Gasteiger partial charge in [-0.1, -0.05) is 12.1 Å². The Morgan fingerprint density at radius 3 is 2.12 bits per heavy atom. The molecule has 1 aromatic carbocycles. The van der Waals surface area contributed by atoms with Gasteiger partial charge in [0.2, 0.25) is 0 Å². The fourth-order valence-electron chi connectivity index (χ4n) is 1.47. The maximum atomic E-state index is 14.1. The van der Waals surface area contributed by atoms with Gasteiger partial charge in [-0.15, -0.1) is 0 Å². The van der Waals surface area contributed by atoms with Gasteiger partial charge < -0.3 is 10.0 Å². The fraction of sp³-hybridized carbons (Fsp3) is 0.462. The quantitative estimate of drug-likeness (QED) is 0.878. The summed E-state index contributed by atoms with van der Waals surface area (Å²) in [7, 11) is 3.78. The van der Waals surface area contributed by atoms with Crippen LogP contribution in [0.1, 0.15) is 25.6 Å². The van der Waals surface area contributed by atoms with E-state index in [0.29, 0.717) is 5.56 Å². The molecule has 0 saturated heterocycles. The van der Waals surface area contributed by atoms with Crippen LogP contribution in [0.4, 0.5) is 10.1 Å². The third-order valence-corrected chi connectivity index (χ3v) is 2.89. The number of carboxylic acids is 1. The fourth-order valence-corrected chi connectivity index (χ4v) is 1.47. The summed E-state index contributed by atoms with van der Waals surface area (Å²) < 4.78 is 14.1. The van der Waals surface area contributed by atoms with Crippen molar-refractivity contribution in [2.45, 2.75) is 20.0 Å². The molecule has 0 aliphatic carbocycles. The number of carbonyl (C=O) groups is 1. The summed E-state index contributed by atoms with van der Waals surface area (Å²) in [4.78, 5) is 12.9. The predicted octanol–water partition coefficient (Wildman–Crippen LogP) is 2.87. The van der Waals surface area contributed by atoms with E-state index in [1.165, 1.54) is 13.8 Å². The Kier molecular flexibility index (Phi) is 3.76. The van der Waals surface area contributed by atoms with Crippen LogP contribution in [-0.4, -0.2) is 25.2 Å². The molecule has 1 atom stereocenters. The van der Waals surface area contributed by atoms with Crippen molar-refractivity contribution in [1.82, 2.24) is 0 Å². The lowest BCUT2D eigenvalue weighted by Gasteiger charge is -2.24. The number of anilines is 1. The maximum Gasteiger partial charge on any atom is 0.312 e. The summed E-state index contributed by atoms with van der Waals surface area (Å²) in [5.74, 6) is -1.14. The third-order valence-electron chi connectivity index (χ3n) is 2.89. The SMILES string of the molecule is CN(C)c1ccc(C(F)C(C)(C)C(=O)O)cc1. The number of rotatable bonds is 4. The van der Waals surface area contributed by atoms with E-state index >= 15 is 0 Å². The van der Waals surface area contributed by atoms with Crippen LogP contribution in [0, 0.1) is 5.41 Å². The van der Waals surface area contributed by atoms with Crippen LogP contribution in [-0.2, 0) is 4.79 Å². The highest BCUT2D eigenvalue weighted by Crippen LogP contribution is 2.37. The second kappa shape index (κ2) is 4.73. The molecule has 0 spiro atoms. The van der Waals surface area contributed by atoms with E-state index in [9.17, 15) is 9.18 Å². The second-order valence-electron chi connectivity index (χ2n) is 4.88. The van der Waals surface area contributed by atoms with Crippen molar-refractivity contribution < 1.29 is 14.3 Å². The number of aliphatic carboxylic acids is 1. The van der Waals surface area contributed by atoms with Crippen molar-refractivity contribution in [3.63, 3.8) is 0 Å². The van der Waals surface area contributed by atoms with Gasteiger partial charge in [-0.25, -0.2) is 4.39 Å². The normalized spacial score (nSPS) is 13.2. The van der Waals surface area contributed by atoms with Gasteiger partial charge in [0.05, 0.1) is 5.41 Å². The summed E-state index contributed by atoms with van der Waals surface area (Å²) >= 11 is 0. The predicted molar refractivity (Wildman–Crippen MR) is 66.0 cm³/mol. The van der Waals surface area contributed by atoms with Crippen LogP contribution in [0.2, 0.25) is 0 Å². The van der Waals surface area contributed by atoms with Crippen LogP contribution in [0.25, 0.3) is 0 Å². The highest BCUT2D eigenvalue weighted by Gasteiger charge is 2.38. The summed E-state index contributed by atoms with van der Waals surface area (Å²) in [6, 6.07) is 6.81. The number of halogens is 1. The summed E-state index contributed by atoms with van der Waals surface area (Å²) in [6.07, 6.45) is -1.52. The molecule has 94 valence electrons. The molecule has 0 heterocycles. The summed E-state index contributed by atoms with van der Waals surface area (Å²) in [5, 5.41) is 8.97. The number of nitrogens with zero attached hydrogens (tertiary/aromatic N) is 1. The van der Waals surface area contributed by atoms with Gasteiger partial charge in [0, 0.05) is 19.8 Å². The lowest BCUT2D eigenvalue weighted by molar-refractivity contribution is -0.150. The Balaban J connectivity index is 2.98. The molecule has 0 bridgehead atoms. The van der Waals surface area contributed by atoms with Crippen LogP contribution in [0.3, 0.4) is 0 Å². The number of benzene rings is 1. The molecule has 0 fully saturated rings. The van der Waals surface area contributed by atoms with E-state index in [1.807, 2.05) is 19.0 Å². The van der Waals surface area contributed by atoms with Crippen molar-refractivity contribution in [3.8, 4) is 0 Å². The minimum absolute atomic E-state index is 0.392. The van der Waals surface area contributed by atoms with Gasteiger partial charge in [0.15, 0.2) is 0 Å². The van der Waals surface area contributed by atoms with Crippen molar-refractivity contribution >= 4 is 11.7 Å². The van der Waals surface area contributed by atoms with E-state index in [1.54, 1.807) is 24.3 Å². The van der Waals surface area contributed by atoms with Crippen LogP contribution in [0.15, 0.2) is 24.3 Å². The average Bonchev–Trinajstić information content (AvgIpc) is 2.27. The van der Waals surface area contributed by atoms with Crippen molar-refractivity contribution in [2.24, 2.45) is 5.41 Å². The highest BCUT2D eigenvalue weighted by atomic mass is 19.1. The van der Waals surface area contributed by atoms with E-state index in [2.05, 4.69) is 0 Å². The molecule has 0 saturated carbocycles. The van der Waals surface area contributed by atoms with Crippen molar-refractivity contribution in [1.29, 1.82) is 0 Å². The van der Waals surface area contributed by atoms with Crippen molar-refractivity contribution in [2.75, 3.05) is 19.0 Å². The number of hydrogen-bond donors (Lipinski definition) is 1. The largest absolute Gasteiger partial charge is 0.481 e. The first-order valence-electron chi connectivity index (χ1n) is 5.41. The first kappa shape index (κ1) is 13.5. The van der Waals surface area contributed by atoms with Crippen LogP contribution in [0.5, 0.6) is 0 Å². The number of alkyl halides is 1. The van der Waals surface area contributed by atoms with E-state index < -0.39 is 17.6 Å². The maximum absolute atomic E-state index is 14.1. The Hall–Kier alpha value is -1.58. The van der Waals surface area contributed by atoms with E-state index in [0.717, 1.165) is 5.69 Å². The highest BCUT2D eigenvalue weighted by molar-refractivity contribution is 5.74. The van der Waals surface area contributed by atoms with Gasteiger partial charge in [0.25, 0.3) is 0 Å². The molecule has 1 aromatic rings. The topological polar surface area (TPSA) is 40.5 Å². The minimum Gasteiger partial charge on any atom is -0.481 e. The Morgan fingerprint density at radius 2 is 1.76 bits per heavy atom. The van der Waals surface area contributed by atoms with Gasteiger partial charge in [-0.2, -0.15) is 0 Å².